The first kappa shape index (κ1) is 11.8. The smallest absolute Gasteiger partial charge is 0.194 e. The molecule has 0 aliphatic carbocycles. The van der Waals surface area contributed by atoms with Crippen molar-refractivity contribution in [3.05, 3.63) is 77.3 Å². The molecule has 0 radical (unpaired) electrons. The molecular weight excluding hydrogens is 254 g/mol. The third kappa shape index (κ3) is 2.33. The van der Waals surface area contributed by atoms with Gasteiger partial charge in [-0.25, -0.2) is 0 Å². The Hall–Kier alpha value is -2.26. The van der Waals surface area contributed by atoms with Crippen LogP contribution in [0.25, 0.3) is 10.6 Å². The van der Waals surface area contributed by atoms with Gasteiger partial charge in [0.25, 0.3) is 0 Å². The zero-order valence-electron chi connectivity index (χ0n) is 10.1. The number of benzene rings is 1. The number of aromatic nitrogens is 1. The van der Waals surface area contributed by atoms with Gasteiger partial charge in [-0.2, -0.15) is 0 Å². The van der Waals surface area contributed by atoms with Gasteiger partial charge in [-0.05, 0) is 23.6 Å². The summed E-state index contributed by atoms with van der Waals surface area (Å²) in [6.45, 7) is 0. The Labute approximate surface area is 115 Å². The molecule has 0 aliphatic rings. The standard InChI is InChI=1S/C16H11NOS/c18-15(12-6-2-1-3-7-12)13-9-11-19-16(13)14-8-4-5-10-17-14/h1-11H. The van der Waals surface area contributed by atoms with Crippen molar-refractivity contribution in [1.82, 2.24) is 4.98 Å². The van der Waals surface area contributed by atoms with Gasteiger partial charge in [0.2, 0.25) is 0 Å². The summed E-state index contributed by atoms with van der Waals surface area (Å²) in [4.78, 5) is 17.7. The lowest BCUT2D eigenvalue weighted by atomic mass is 10.0. The van der Waals surface area contributed by atoms with Crippen LogP contribution in [0.4, 0.5) is 0 Å². The molecule has 92 valence electrons. The lowest BCUT2D eigenvalue weighted by Gasteiger charge is -2.02. The van der Waals surface area contributed by atoms with E-state index in [-0.39, 0.29) is 5.78 Å². The number of hydrogen-bond donors (Lipinski definition) is 0. The highest BCUT2D eigenvalue weighted by atomic mass is 32.1. The lowest BCUT2D eigenvalue weighted by molar-refractivity contribution is 0.103. The van der Waals surface area contributed by atoms with Crippen LogP contribution in [0.1, 0.15) is 15.9 Å². The monoisotopic (exact) mass is 265 g/mol. The van der Waals surface area contributed by atoms with E-state index in [0.29, 0.717) is 5.56 Å². The molecule has 1 aromatic carbocycles. The van der Waals surface area contributed by atoms with E-state index in [4.69, 9.17) is 0 Å². The SMILES string of the molecule is O=C(c1ccccc1)c1ccsc1-c1ccccn1. The van der Waals surface area contributed by atoms with E-state index in [9.17, 15) is 4.79 Å². The van der Waals surface area contributed by atoms with Crippen LogP contribution in [0.5, 0.6) is 0 Å². The maximum absolute atomic E-state index is 12.5. The van der Waals surface area contributed by atoms with Crippen LogP contribution < -0.4 is 0 Å². The Morgan fingerprint density at radius 1 is 0.947 bits per heavy atom. The molecule has 0 fully saturated rings. The number of nitrogens with zero attached hydrogens (tertiary/aromatic N) is 1. The Morgan fingerprint density at radius 3 is 2.47 bits per heavy atom. The number of pyridine rings is 1. The molecule has 0 saturated carbocycles. The third-order valence-corrected chi connectivity index (χ3v) is 3.78. The first-order valence-electron chi connectivity index (χ1n) is 5.95. The molecule has 0 saturated heterocycles. The summed E-state index contributed by atoms with van der Waals surface area (Å²) in [6.07, 6.45) is 1.74. The second-order valence-electron chi connectivity index (χ2n) is 4.07. The minimum absolute atomic E-state index is 0.0440. The molecule has 2 aromatic heterocycles. The minimum Gasteiger partial charge on any atom is -0.289 e. The summed E-state index contributed by atoms with van der Waals surface area (Å²) in [6, 6.07) is 16.9. The highest BCUT2D eigenvalue weighted by Gasteiger charge is 2.16. The molecule has 0 spiro atoms. The van der Waals surface area contributed by atoms with Crippen LogP contribution in [0.15, 0.2) is 66.2 Å². The molecule has 19 heavy (non-hydrogen) atoms. The number of rotatable bonds is 3. The van der Waals surface area contributed by atoms with Crippen molar-refractivity contribution in [2.24, 2.45) is 0 Å². The van der Waals surface area contributed by atoms with Crippen molar-refractivity contribution >= 4 is 17.1 Å². The predicted molar refractivity (Wildman–Crippen MR) is 77.4 cm³/mol. The van der Waals surface area contributed by atoms with Gasteiger partial charge in [0.15, 0.2) is 5.78 Å². The second-order valence-corrected chi connectivity index (χ2v) is 4.99. The maximum Gasteiger partial charge on any atom is 0.194 e. The highest BCUT2D eigenvalue weighted by Crippen LogP contribution is 2.29. The highest BCUT2D eigenvalue weighted by molar-refractivity contribution is 7.14. The van der Waals surface area contributed by atoms with Crippen LogP contribution >= 0.6 is 11.3 Å². The number of carbonyl (C=O) groups is 1. The van der Waals surface area contributed by atoms with Gasteiger partial charge in [0.1, 0.15) is 0 Å². The Balaban J connectivity index is 2.04. The number of carbonyl (C=O) groups excluding carboxylic acids is 1. The minimum atomic E-state index is 0.0440. The Kier molecular flexibility index (Phi) is 3.21. The molecule has 0 atom stereocenters. The van der Waals surface area contributed by atoms with E-state index in [1.165, 1.54) is 0 Å². The second kappa shape index (κ2) is 5.16. The summed E-state index contributed by atoms with van der Waals surface area (Å²) < 4.78 is 0. The predicted octanol–water partition coefficient (Wildman–Crippen LogP) is 4.04. The van der Waals surface area contributed by atoms with Gasteiger partial charge in [0.05, 0.1) is 10.6 Å². The largest absolute Gasteiger partial charge is 0.289 e. The summed E-state index contributed by atoms with van der Waals surface area (Å²) in [5.41, 5.74) is 2.27. The fourth-order valence-electron chi connectivity index (χ4n) is 1.93. The van der Waals surface area contributed by atoms with E-state index >= 15 is 0 Å². The van der Waals surface area contributed by atoms with Gasteiger partial charge < -0.3 is 0 Å². The summed E-state index contributed by atoms with van der Waals surface area (Å²) in [5.74, 6) is 0.0440. The quantitative estimate of drug-likeness (QED) is 0.669. The molecular formula is C16H11NOS. The van der Waals surface area contributed by atoms with Gasteiger partial charge in [0, 0.05) is 17.3 Å². The van der Waals surface area contributed by atoms with E-state index in [0.717, 1.165) is 16.1 Å². The first-order valence-corrected chi connectivity index (χ1v) is 6.83. The first-order chi connectivity index (χ1) is 9.36. The van der Waals surface area contributed by atoms with Crippen molar-refractivity contribution in [1.29, 1.82) is 0 Å². The van der Waals surface area contributed by atoms with Gasteiger partial charge >= 0.3 is 0 Å². The molecule has 2 nitrogen and oxygen atoms in total. The van der Waals surface area contributed by atoms with Crippen molar-refractivity contribution < 1.29 is 4.79 Å². The summed E-state index contributed by atoms with van der Waals surface area (Å²) >= 11 is 1.54. The average molecular weight is 265 g/mol. The molecule has 3 rings (SSSR count). The third-order valence-electron chi connectivity index (χ3n) is 2.84. The zero-order valence-corrected chi connectivity index (χ0v) is 10.9. The van der Waals surface area contributed by atoms with Crippen LogP contribution in [0, 0.1) is 0 Å². The molecule has 3 heteroatoms. The fraction of sp³-hybridized carbons (Fsp3) is 0. The normalized spacial score (nSPS) is 10.3. The number of thiophene rings is 1. The fourth-order valence-corrected chi connectivity index (χ4v) is 2.80. The van der Waals surface area contributed by atoms with Crippen molar-refractivity contribution in [3.8, 4) is 10.6 Å². The van der Waals surface area contributed by atoms with Gasteiger partial charge in [-0.15, -0.1) is 11.3 Å². The van der Waals surface area contributed by atoms with Crippen molar-refractivity contribution in [3.63, 3.8) is 0 Å². The number of hydrogen-bond acceptors (Lipinski definition) is 3. The van der Waals surface area contributed by atoms with Gasteiger partial charge in [-0.1, -0.05) is 36.4 Å². The molecule has 0 N–H and O–H groups in total. The van der Waals surface area contributed by atoms with E-state index < -0.39 is 0 Å². The van der Waals surface area contributed by atoms with Crippen molar-refractivity contribution in [2.75, 3.05) is 0 Å². The van der Waals surface area contributed by atoms with Crippen molar-refractivity contribution in [2.45, 2.75) is 0 Å². The average Bonchev–Trinajstić information content (AvgIpc) is 2.98. The van der Waals surface area contributed by atoms with Crippen LogP contribution in [-0.4, -0.2) is 10.8 Å². The molecule has 0 unspecified atom stereocenters. The Morgan fingerprint density at radius 2 is 1.74 bits per heavy atom. The van der Waals surface area contributed by atoms with E-state index in [2.05, 4.69) is 4.98 Å². The molecule has 3 aromatic rings. The Bertz CT molecular complexity index is 689. The summed E-state index contributed by atoms with van der Waals surface area (Å²) in [5, 5.41) is 1.93. The lowest BCUT2D eigenvalue weighted by Crippen LogP contribution is -2.01. The molecule has 2 heterocycles. The van der Waals surface area contributed by atoms with E-state index in [1.54, 1.807) is 17.5 Å². The number of ketones is 1. The zero-order chi connectivity index (χ0) is 13.1. The van der Waals surface area contributed by atoms with Gasteiger partial charge in [-0.3, -0.25) is 9.78 Å². The van der Waals surface area contributed by atoms with E-state index in [1.807, 2.05) is 60.0 Å². The molecule has 0 amide bonds. The summed E-state index contributed by atoms with van der Waals surface area (Å²) in [7, 11) is 0. The van der Waals surface area contributed by atoms with Crippen LogP contribution in [-0.2, 0) is 0 Å². The molecule has 0 bridgehead atoms. The molecule has 0 aliphatic heterocycles. The van der Waals surface area contributed by atoms with Crippen LogP contribution in [0.3, 0.4) is 0 Å². The van der Waals surface area contributed by atoms with Crippen LogP contribution in [0.2, 0.25) is 0 Å². The topological polar surface area (TPSA) is 30.0 Å². The maximum atomic E-state index is 12.5.